The predicted molar refractivity (Wildman–Crippen MR) is 149 cm³/mol. The second kappa shape index (κ2) is 13.1. The molecule has 1 aliphatic rings. The first kappa shape index (κ1) is 28.7. The summed E-state index contributed by atoms with van der Waals surface area (Å²) < 4.78 is 26.9. The van der Waals surface area contributed by atoms with Gasteiger partial charge in [-0.15, -0.1) is 0 Å². The third-order valence-electron chi connectivity index (χ3n) is 7.35. The SMILES string of the molecule is CC[C@H](C(=O)NC1CCCCC1)N(CCc1ccccc1)C(=O)CN(c1cccc(C)c1C)S(C)(=O)=O. The normalized spacial score (nSPS) is 15.1. The van der Waals surface area contributed by atoms with Crippen LogP contribution in [0.2, 0.25) is 0 Å². The molecule has 1 saturated carbocycles. The van der Waals surface area contributed by atoms with E-state index in [4.69, 9.17) is 0 Å². The minimum atomic E-state index is -3.74. The van der Waals surface area contributed by atoms with Crippen molar-refractivity contribution in [2.75, 3.05) is 23.7 Å². The smallest absolute Gasteiger partial charge is 0.244 e. The standard InChI is InChI=1S/C29H41N3O4S/c1-5-26(29(34)30-25-16-10-7-11-17-25)31(20-19-24-14-8-6-9-15-24)28(33)21-32(37(4,35)36)27-18-12-13-22(2)23(27)3/h6,8-9,12-15,18,25-26H,5,7,10-11,16-17,19-21H2,1-4H3,(H,30,34)/t26-/m1/s1. The van der Waals surface area contributed by atoms with Crippen molar-refractivity contribution in [2.24, 2.45) is 0 Å². The molecule has 0 saturated heterocycles. The molecule has 1 atom stereocenters. The van der Waals surface area contributed by atoms with Crippen LogP contribution in [0, 0.1) is 13.8 Å². The molecule has 7 nitrogen and oxygen atoms in total. The summed E-state index contributed by atoms with van der Waals surface area (Å²) in [5, 5.41) is 3.17. The van der Waals surface area contributed by atoms with Crippen molar-refractivity contribution in [3.05, 3.63) is 65.2 Å². The van der Waals surface area contributed by atoms with Gasteiger partial charge in [-0.1, -0.05) is 68.7 Å². The van der Waals surface area contributed by atoms with Gasteiger partial charge in [0.2, 0.25) is 21.8 Å². The summed E-state index contributed by atoms with van der Waals surface area (Å²) in [7, 11) is -3.74. The molecule has 2 aromatic carbocycles. The lowest BCUT2D eigenvalue weighted by atomic mass is 9.95. The molecule has 1 aliphatic carbocycles. The second-order valence-corrected chi connectivity index (χ2v) is 12.0. The first-order valence-electron chi connectivity index (χ1n) is 13.3. The Balaban J connectivity index is 1.89. The number of benzene rings is 2. The number of hydrogen-bond donors (Lipinski definition) is 1. The Bertz CT molecular complexity index is 1160. The van der Waals surface area contributed by atoms with Gasteiger partial charge in [-0.2, -0.15) is 0 Å². The minimum Gasteiger partial charge on any atom is -0.352 e. The Morgan fingerprint density at radius 3 is 2.30 bits per heavy atom. The molecule has 3 rings (SSSR count). The number of nitrogens with zero attached hydrogens (tertiary/aromatic N) is 2. The Labute approximate surface area is 222 Å². The zero-order valence-electron chi connectivity index (χ0n) is 22.6. The van der Waals surface area contributed by atoms with Crippen molar-refractivity contribution < 1.29 is 18.0 Å². The molecule has 2 amide bonds. The number of carbonyl (C=O) groups excluding carboxylic acids is 2. The zero-order chi connectivity index (χ0) is 27.0. The number of carbonyl (C=O) groups is 2. The van der Waals surface area contributed by atoms with Crippen molar-refractivity contribution >= 4 is 27.5 Å². The molecule has 0 heterocycles. The number of rotatable bonds is 11. The first-order valence-corrected chi connectivity index (χ1v) is 15.1. The highest BCUT2D eigenvalue weighted by molar-refractivity contribution is 7.92. The fourth-order valence-corrected chi connectivity index (χ4v) is 5.94. The summed E-state index contributed by atoms with van der Waals surface area (Å²) in [5.41, 5.74) is 3.28. The van der Waals surface area contributed by atoms with E-state index in [0.717, 1.165) is 48.6 Å². The molecule has 1 fully saturated rings. The molecule has 0 aromatic heterocycles. The van der Waals surface area contributed by atoms with Gasteiger partial charge in [0.05, 0.1) is 11.9 Å². The quantitative estimate of drug-likeness (QED) is 0.470. The molecule has 2 aromatic rings. The van der Waals surface area contributed by atoms with Crippen LogP contribution in [-0.2, 0) is 26.0 Å². The molecule has 8 heteroatoms. The lowest BCUT2D eigenvalue weighted by Gasteiger charge is -2.34. The summed E-state index contributed by atoms with van der Waals surface area (Å²) in [6.07, 6.45) is 7.41. The third kappa shape index (κ3) is 7.81. The fraction of sp³-hybridized carbons (Fsp3) is 0.517. The number of nitrogens with one attached hydrogen (secondary N) is 1. The first-order chi connectivity index (χ1) is 17.6. The van der Waals surface area contributed by atoms with Gasteiger partial charge in [0.15, 0.2) is 0 Å². The van der Waals surface area contributed by atoms with E-state index in [2.05, 4.69) is 5.32 Å². The van der Waals surface area contributed by atoms with Crippen molar-refractivity contribution in [3.63, 3.8) is 0 Å². The number of aryl methyl sites for hydroxylation is 1. The van der Waals surface area contributed by atoms with Gasteiger partial charge in [-0.3, -0.25) is 13.9 Å². The summed E-state index contributed by atoms with van der Waals surface area (Å²) >= 11 is 0. The molecule has 0 aliphatic heterocycles. The van der Waals surface area contributed by atoms with Crippen LogP contribution in [0.25, 0.3) is 0 Å². The molecule has 0 unspecified atom stereocenters. The van der Waals surface area contributed by atoms with Gasteiger partial charge >= 0.3 is 0 Å². The van der Waals surface area contributed by atoms with E-state index >= 15 is 0 Å². The molecule has 37 heavy (non-hydrogen) atoms. The van der Waals surface area contributed by atoms with Gasteiger partial charge in [0.25, 0.3) is 0 Å². The third-order valence-corrected chi connectivity index (χ3v) is 8.47. The van der Waals surface area contributed by atoms with Gasteiger partial charge in [0.1, 0.15) is 12.6 Å². The average molecular weight is 528 g/mol. The maximum Gasteiger partial charge on any atom is 0.244 e. The molecule has 202 valence electrons. The largest absolute Gasteiger partial charge is 0.352 e. The summed E-state index contributed by atoms with van der Waals surface area (Å²) in [6.45, 7) is 5.63. The minimum absolute atomic E-state index is 0.129. The van der Waals surface area contributed by atoms with Crippen LogP contribution in [-0.4, -0.2) is 56.6 Å². The van der Waals surface area contributed by atoms with Gasteiger partial charge in [-0.05, 0) is 62.3 Å². The molecule has 0 radical (unpaired) electrons. The van der Waals surface area contributed by atoms with Gasteiger partial charge in [0, 0.05) is 12.6 Å². The van der Waals surface area contributed by atoms with Crippen LogP contribution < -0.4 is 9.62 Å². The van der Waals surface area contributed by atoms with E-state index in [1.54, 1.807) is 17.0 Å². The summed E-state index contributed by atoms with van der Waals surface area (Å²) in [4.78, 5) is 28.8. The topological polar surface area (TPSA) is 86.8 Å². The maximum atomic E-state index is 13.8. The van der Waals surface area contributed by atoms with Gasteiger partial charge in [-0.25, -0.2) is 8.42 Å². The van der Waals surface area contributed by atoms with Crippen LogP contribution >= 0.6 is 0 Å². The number of amides is 2. The Hall–Kier alpha value is -2.87. The maximum absolute atomic E-state index is 13.8. The van der Waals surface area contributed by atoms with E-state index in [-0.39, 0.29) is 24.4 Å². The number of anilines is 1. The number of hydrogen-bond acceptors (Lipinski definition) is 4. The fourth-order valence-electron chi connectivity index (χ4n) is 5.04. The van der Waals surface area contributed by atoms with Crippen LogP contribution in [0.1, 0.15) is 62.1 Å². The van der Waals surface area contributed by atoms with Crippen molar-refractivity contribution in [2.45, 2.75) is 77.8 Å². The molecule has 0 bridgehead atoms. The summed E-state index contributed by atoms with van der Waals surface area (Å²) in [5.74, 6) is -0.540. The van der Waals surface area contributed by atoms with Crippen molar-refractivity contribution in [3.8, 4) is 0 Å². The second-order valence-electron chi connectivity index (χ2n) is 10.1. The number of sulfonamides is 1. The Morgan fingerprint density at radius 2 is 1.68 bits per heavy atom. The molecule has 1 N–H and O–H groups in total. The van der Waals surface area contributed by atoms with Crippen LogP contribution in [0.4, 0.5) is 5.69 Å². The monoisotopic (exact) mass is 527 g/mol. The Kier molecular flexibility index (Phi) is 10.1. The summed E-state index contributed by atoms with van der Waals surface area (Å²) in [6, 6.07) is 14.7. The highest BCUT2D eigenvalue weighted by Gasteiger charge is 2.32. The molecular weight excluding hydrogens is 486 g/mol. The molecular formula is C29H41N3O4S. The lowest BCUT2D eigenvalue weighted by molar-refractivity contribution is -0.140. The van der Waals surface area contributed by atoms with Crippen LogP contribution in [0.3, 0.4) is 0 Å². The van der Waals surface area contributed by atoms with E-state index in [1.807, 2.05) is 57.2 Å². The Morgan fingerprint density at radius 1 is 1.00 bits per heavy atom. The van der Waals surface area contributed by atoms with E-state index < -0.39 is 16.1 Å². The van der Waals surface area contributed by atoms with Crippen molar-refractivity contribution in [1.82, 2.24) is 10.2 Å². The zero-order valence-corrected chi connectivity index (χ0v) is 23.4. The highest BCUT2D eigenvalue weighted by atomic mass is 32.2. The van der Waals surface area contributed by atoms with E-state index in [1.165, 1.54) is 10.7 Å². The lowest BCUT2D eigenvalue weighted by Crippen LogP contribution is -2.54. The van der Waals surface area contributed by atoms with Crippen molar-refractivity contribution in [1.29, 1.82) is 0 Å². The van der Waals surface area contributed by atoms with E-state index in [9.17, 15) is 18.0 Å². The average Bonchev–Trinajstić information content (AvgIpc) is 2.87. The van der Waals surface area contributed by atoms with Crippen LogP contribution in [0.15, 0.2) is 48.5 Å². The van der Waals surface area contributed by atoms with Crippen LogP contribution in [0.5, 0.6) is 0 Å². The van der Waals surface area contributed by atoms with Gasteiger partial charge < -0.3 is 10.2 Å². The highest BCUT2D eigenvalue weighted by Crippen LogP contribution is 2.25. The van der Waals surface area contributed by atoms with E-state index in [0.29, 0.717) is 25.1 Å². The molecule has 0 spiro atoms. The predicted octanol–water partition coefficient (Wildman–Crippen LogP) is 4.37.